The maximum absolute atomic E-state index is 5.39. The first-order chi connectivity index (χ1) is 6.77. The van der Waals surface area contributed by atoms with E-state index < -0.39 is 0 Å². The lowest BCUT2D eigenvalue weighted by Crippen LogP contribution is -2.12. The van der Waals surface area contributed by atoms with E-state index in [4.69, 9.17) is 18.0 Å². The van der Waals surface area contributed by atoms with Crippen LogP contribution in [0.25, 0.3) is 5.82 Å². The highest BCUT2D eigenvalue weighted by Crippen LogP contribution is 2.00. The van der Waals surface area contributed by atoms with Gasteiger partial charge in [0.15, 0.2) is 5.82 Å². The molecule has 0 amide bonds. The molecule has 2 aromatic heterocycles. The Kier molecular flexibility index (Phi) is 2.19. The van der Waals surface area contributed by atoms with Crippen LogP contribution in [-0.2, 0) is 0 Å². The molecule has 2 heterocycles. The molecule has 5 nitrogen and oxygen atoms in total. The second-order valence-electron chi connectivity index (χ2n) is 2.57. The SMILES string of the molecule is NC(=S)c1cnc(-n2cccn2)cn1. The Balaban J connectivity index is 2.36. The first-order valence-electron chi connectivity index (χ1n) is 3.89. The van der Waals surface area contributed by atoms with Crippen molar-refractivity contribution in [2.75, 3.05) is 0 Å². The molecule has 0 saturated carbocycles. The first-order valence-corrected chi connectivity index (χ1v) is 4.30. The van der Waals surface area contributed by atoms with Gasteiger partial charge in [-0.3, -0.25) is 0 Å². The van der Waals surface area contributed by atoms with Crippen LogP contribution in [0.4, 0.5) is 0 Å². The number of hydrogen-bond acceptors (Lipinski definition) is 4. The van der Waals surface area contributed by atoms with E-state index in [1.54, 1.807) is 23.3 Å². The first kappa shape index (κ1) is 8.76. The van der Waals surface area contributed by atoms with E-state index in [9.17, 15) is 0 Å². The van der Waals surface area contributed by atoms with Gasteiger partial charge in [0.25, 0.3) is 0 Å². The molecule has 0 spiro atoms. The molecule has 0 aliphatic heterocycles. The smallest absolute Gasteiger partial charge is 0.171 e. The van der Waals surface area contributed by atoms with Crippen LogP contribution in [0.2, 0.25) is 0 Å². The van der Waals surface area contributed by atoms with Crippen molar-refractivity contribution in [2.45, 2.75) is 0 Å². The Bertz CT molecular complexity index is 433. The number of nitrogens with zero attached hydrogens (tertiary/aromatic N) is 4. The molecule has 0 aliphatic rings. The average molecular weight is 205 g/mol. The normalized spacial score (nSPS) is 10.0. The van der Waals surface area contributed by atoms with Crippen LogP contribution in [0, 0.1) is 0 Å². The van der Waals surface area contributed by atoms with Crippen LogP contribution < -0.4 is 5.73 Å². The zero-order valence-electron chi connectivity index (χ0n) is 7.16. The van der Waals surface area contributed by atoms with Gasteiger partial charge in [-0.05, 0) is 6.07 Å². The molecule has 0 bridgehead atoms. The molecule has 6 heteroatoms. The fourth-order valence-electron chi connectivity index (χ4n) is 0.971. The number of thiocarbonyl (C=S) groups is 1. The van der Waals surface area contributed by atoms with Crippen LogP contribution >= 0.6 is 12.2 Å². The van der Waals surface area contributed by atoms with E-state index in [0.29, 0.717) is 11.5 Å². The third-order valence-corrected chi connectivity index (χ3v) is 1.84. The third kappa shape index (κ3) is 1.60. The fourth-order valence-corrected chi connectivity index (χ4v) is 1.08. The van der Waals surface area contributed by atoms with E-state index in [1.165, 1.54) is 6.20 Å². The summed E-state index contributed by atoms with van der Waals surface area (Å²) in [6, 6.07) is 1.81. The van der Waals surface area contributed by atoms with Crippen molar-refractivity contribution >= 4 is 17.2 Å². The van der Waals surface area contributed by atoms with Crippen LogP contribution in [0.3, 0.4) is 0 Å². The Morgan fingerprint density at radius 3 is 2.71 bits per heavy atom. The van der Waals surface area contributed by atoms with E-state index in [-0.39, 0.29) is 4.99 Å². The minimum Gasteiger partial charge on any atom is -0.388 e. The van der Waals surface area contributed by atoms with Gasteiger partial charge < -0.3 is 5.73 Å². The minimum absolute atomic E-state index is 0.240. The molecule has 2 N–H and O–H groups in total. The van der Waals surface area contributed by atoms with E-state index >= 15 is 0 Å². The predicted octanol–water partition coefficient (Wildman–Crippen LogP) is 0.297. The second kappa shape index (κ2) is 3.51. The van der Waals surface area contributed by atoms with E-state index in [0.717, 1.165) is 0 Å². The van der Waals surface area contributed by atoms with Gasteiger partial charge in [0, 0.05) is 12.4 Å². The Labute approximate surface area is 85.6 Å². The molecule has 0 saturated heterocycles. The highest BCUT2D eigenvalue weighted by atomic mass is 32.1. The predicted molar refractivity (Wildman–Crippen MR) is 55.0 cm³/mol. The highest BCUT2D eigenvalue weighted by Gasteiger charge is 2.00. The number of rotatable bonds is 2. The summed E-state index contributed by atoms with van der Waals surface area (Å²) in [6.07, 6.45) is 6.55. The maximum Gasteiger partial charge on any atom is 0.171 e. The monoisotopic (exact) mass is 205 g/mol. The van der Waals surface area contributed by atoms with Gasteiger partial charge in [0.2, 0.25) is 0 Å². The van der Waals surface area contributed by atoms with E-state index in [1.807, 2.05) is 6.07 Å². The van der Waals surface area contributed by atoms with Gasteiger partial charge in [-0.25, -0.2) is 14.6 Å². The summed E-state index contributed by atoms with van der Waals surface area (Å²) in [5, 5.41) is 4.01. The summed E-state index contributed by atoms with van der Waals surface area (Å²) in [4.78, 5) is 8.40. The molecule has 0 unspecified atom stereocenters. The molecule has 0 aromatic carbocycles. The lowest BCUT2D eigenvalue weighted by Gasteiger charge is -2.00. The number of nitrogens with two attached hydrogens (primary N) is 1. The van der Waals surface area contributed by atoms with Gasteiger partial charge in [0.05, 0.1) is 12.4 Å². The molecule has 14 heavy (non-hydrogen) atoms. The van der Waals surface area contributed by atoms with Gasteiger partial charge in [0.1, 0.15) is 10.7 Å². The molecular weight excluding hydrogens is 198 g/mol. The summed E-state index contributed by atoms with van der Waals surface area (Å²) in [6.45, 7) is 0. The van der Waals surface area contributed by atoms with Gasteiger partial charge in [-0.1, -0.05) is 12.2 Å². The molecule has 0 fully saturated rings. The zero-order chi connectivity index (χ0) is 9.97. The topological polar surface area (TPSA) is 69.6 Å². The summed E-state index contributed by atoms with van der Waals surface area (Å²) in [5.41, 5.74) is 5.90. The zero-order valence-corrected chi connectivity index (χ0v) is 7.98. The number of aromatic nitrogens is 4. The largest absolute Gasteiger partial charge is 0.388 e. The van der Waals surface area contributed by atoms with Crippen molar-refractivity contribution in [3.63, 3.8) is 0 Å². The van der Waals surface area contributed by atoms with Crippen molar-refractivity contribution in [3.8, 4) is 5.82 Å². The summed E-state index contributed by atoms with van der Waals surface area (Å²) < 4.78 is 1.61. The molecule has 0 radical (unpaired) electrons. The van der Waals surface area contributed by atoms with Crippen molar-refractivity contribution in [2.24, 2.45) is 5.73 Å². The standard InChI is InChI=1S/C8H7N5S/c9-8(14)6-4-11-7(5-10-6)13-3-1-2-12-13/h1-5H,(H2,9,14). The second-order valence-corrected chi connectivity index (χ2v) is 3.01. The van der Waals surface area contributed by atoms with Crippen molar-refractivity contribution in [1.29, 1.82) is 0 Å². The molecule has 2 aromatic rings. The summed E-state index contributed by atoms with van der Waals surface area (Å²) in [7, 11) is 0. The number of hydrogen-bond donors (Lipinski definition) is 1. The lowest BCUT2D eigenvalue weighted by atomic mass is 10.4. The average Bonchev–Trinajstić information content (AvgIpc) is 2.71. The van der Waals surface area contributed by atoms with Crippen LogP contribution in [0.5, 0.6) is 0 Å². The van der Waals surface area contributed by atoms with Gasteiger partial charge >= 0.3 is 0 Å². The van der Waals surface area contributed by atoms with Crippen molar-refractivity contribution < 1.29 is 0 Å². The molecule has 2 rings (SSSR count). The van der Waals surface area contributed by atoms with Crippen LogP contribution in [0.1, 0.15) is 5.69 Å². The Morgan fingerprint density at radius 1 is 1.36 bits per heavy atom. The van der Waals surface area contributed by atoms with Crippen molar-refractivity contribution in [3.05, 3.63) is 36.5 Å². The molecule has 70 valence electrons. The Morgan fingerprint density at radius 2 is 2.21 bits per heavy atom. The molecule has 0 aliphatic carbocycles. The Hall–Kier alpha value is -1.82. The van der Waals surface area contributed by atoms with Crippen LogP contribution in [0.15, 0.2) is 30.9 Å². The highest BCUT2D eigenvalue weighted by molar-refractivity contribution is 7.80. The summed E-state index contributed by atoms with van der Waals surface area (Å²) in [5.74, 6) is 0.634. The minimum atomic E-state index is 0.240. The quantitative estimate of drug-likeness (QED) is 0.714. The van der Waals surface area contributed by atoms with Gasteiger partial charge in [-0.15, -0.1) is 0 Å². The van der Waals surface area contributed by atoms with Crippen LogP contribution in [-0.4, -0.2) is 24.7 Å². The maximum atomic E-state index is 5.39. The summed E-state index contributed by atoms with van der Waals surface area (Å²) >= 11 is 4.76. The fraction of sp³-hybridized carbons (Fsp3) is 0. The lowest BCUT2D eigenvalue weighted by molar-refractivity contribution is 0.837. The van der Waals surface area contributed by atoms with E-state index in [2.05, 4.69) is 15.1 Å². The third-order valence-electron chi connectivity index (χ3n) is 1.63. The molecular formula is C8H7N5S. The van der Waals surface area contributed by atoms with Gasteiger partial charge in [-0.2, -0.15) is 5.10 Å². The molecule has 0 atom stereocenters. The van der Waals surface area contributed by atoms with Crippen molar-refractivity contribution in [1.82, 2.24) is 19.7 Å².